The summed E-state index contributed by atoms with van der Waals surface area (Å²) in [5.74, 6) is 1.06. The fourth-order valence-corrected chi connectivity index (χ4v) is 4.18. The lowest BCUT2D eigenvalue weighted by Gasteiger charge is -2.30. The molecule has 0 bridgehead atoms. The molecule has 0 aliphatic carbocycles. The standard InChI is InChI=1S/C31H38N2O3/c1-23(2)33(24(3)4)20-9-21-36-30-22-28(17-18-29(30)35-5)32-31(34)19-14-25-12-15-27(16-13-25)26-10-7-6-8-11-26/h6-8,10-19,22-24H,9,20-21H2,1-5H3,(H,32,34). The zero-order valence-electron chi connectivity index (χ0n) is 22.0. The maximum atomic E-state index is 12.5. The van der Waals surface area contributed by atoms with Crippen molar-refractivity contribution in [2.24, 2.45) is 0 Å². The van der Waals surface area contributed by atoms with Crippen LogP contribution in [0.2, 0.25) is 0 Å². The van der Waals surface area contributed by atoms with Gasteiger partial charge in [0.25, 0.3) is 0 Å². The molecule has 0 saturated heterocycles. The minimum atomic E-state index is -0.206. The molecule has 3 aromatic rings. The van der Waals surface area contributed by atoms with Gasteiger partial charge in [-0.1, -0.05) is 54.6 Å². The molecule has 3 aromatic carbocycles. The Labute approximate surface area is 215 Å². The number of carbonyl (C=O) groups excluding carboxylic acids is 1. The van der Waals surface area contributed by atoms with Crippen LogP contribution < -0.4 is 14.8 Å². The van der Waals surface area contributed by atoms with E-state index in [1.807, 2.05) is 48.5 Å². The van der Waals surface area contributed by atoms with Gasteiger partial charge in [-0.2, -0.15) is 0 Å². The second-order valence-corrected chi connectivity index (χ2v) is 9.30. The van der Waals surface area contributed by atoms with E-state index in [0.29, 0.717) is 35.9 Å². The van der Waals surface area contributed by atoms with Gasteiger partial charge in [0.1, 0.15) is 0 Å². The van der Waals surface area contributed by atoms with Crippen LogP contribution >= 0.6 is 0 Å². The van der Waals surface area contributed by atoms with E-state index in [9.17, 15) is 4.79 Å². The molecular formula is C31H38N2O3. The van der Waals surface area contributed by atoms with Crippen LogP contribution in [0.4, 0.5) is 5.69 Å². The Bertz CT molecular complexity index is 1110. The highest BCUT2D eigenvalue weighted by molar-refractivity contribution is 6.02. The average molecular weight is 487 g/mol. The number of nitrogens with one attached hydrogen (secondary N) is 1. The van der Waals surface area contributed by atoms with Gasteiger partial charge < -0.3 is 14.8 Å². The largest absolute Gasteiger partial charge is 0.493 e. The number of rotatable bonds is 12. The summed E-state index contributed by atoms with van der Waals surface area (Å²) in [7, 11) is 1.62. The molecule has 0 aliphatic rings. The van der Waals surface area contributed by atoms with E-state index >= 15 is 0 Å². The predicted octanol–water partition coefficient (Wildman–Crippen LogP) is 6.90. The Kier molecular flexibility index (Phi) is 10.1. The van der Waals surface area contributed by atoms with Crippen LogP contribution in [0.1, 0.15) is 39.7 Å². The Morgan fingerprint density at radius 2 is 1.56 bits per heavy atom. The third-order valence-corrected chi connectivity index (χ3v) is 6.02. The molecule has 36 heavy (non-hydrogen) atoms. The van der Waals surface area contributed by atoms with Crippen molar-refractivity contribution in [3.8, 4) is 22.6 Å². The first-order valence-corrected chi connectivity index (χ1v) is 12.6. The van der Waals surface area contributed by atoms with Crippen molar-refractivity contribution < 1.29 is 14.3 Å². The third-order valence-electron chi connectivity index (χ3n) is 6.02. The summed E-state index contributed by atoms with van der Waals surface area (Å²) < 4.78 is 11.5. The van der Waals surface area contributed by atoms with E-state index in [1.165, 1.54) is 11.6 Å². The summed E-state index contributed by atoms with van der Waals surface area (Å²) in [4.78, 5) is 15.0. The number of ether oxygens (including phenoxy) is 2. The smallest absolute Gasteiger partial charge is 0.248 e. The topological polar surface area (TPSA) is 50.8 Å². The number of benzene rings is 3. The first-order valence-electron chi connectivity index (χ1n) is 12.6. The van der Waals surface area contributed by atoms with Gasteiger partial charge in [-0.05, 0) is 69.0 Å². The van der Waals surface area contributed by atoms with Crippen molar-refractivity contribution in [1.82, 2.24) is 4.90 Å². The lowest BCUT2D eigenvalue weighted by molar-refractivity contribution is -0.111. The van der Waals surface area contributed by atoms with E-state index in [1.54, 1.807) is 13.2 Å². The number of hydrogen-bond donors (Lipinski definition) is 1. The molecule has 0 saturated carbocycles. The highest BCUT2D eigenvalue weighted by Gasteiger charge is 2.13. The average Bonchev–Trinajstić information content (AvgIpc) is 2.88. The molecule has 1 N–H and O–H groups in total. The first kappa shape index (κ1) is 27.0. The van der Waals surface area contributed by atoms with Gasteiger partial charge in [0.05, 0.1) is 13.7 Å². The molecule has 0 atom stereocenters. The van der Waals surface area contributed by atoms with E-state index in [-0.39, 0.29) is 5.91 Å². The van der Waals surface area contributed by atoms with Crippen LogP contribution in [-0.2, 0) is 4.79 Å². The van der Waals surface area contributed by atoms with Crippen LogP contribution in [0, 0.1) is 0 Å². The monoisotopic (exact) mass is 486 g/mol. The summed E-state index contributed by atoms with van der Waals surface area (Å²) in [5, 5.41) is 2.91. The zero-order chi connectivity index (χ0) is 25.9. The van der Waals surface area contributed by atoms with Crippen LogP contribution in [0.25, 0.3) is 17.2 Å². The van der Waals surface area contributed by atoms with Gasteiger partial charge in [-0.25, -0.2) is 0 Å². The summed E-state index contributed by atoms with van der Waals surface area (Å²) in [6.45, 7) is 10.4. The van der Waals surface area contributed by atoms with Gasteiger partial charge in [-0.15, -0.1) is 0 Å². The van der Waals surface area contributed by atoms with Gasteiger partial charge in [-0.3, -0.25) is 9.69 Å². The Morgan fingerprint density at radius 3 is 2.19 bits per heavy atom. The molecule has 1 amide bonds. The number of hydrogen-bond acceptors (Lipinski definition) is 4. The summed E-state index contributed by atoms with van der Waals surface area (Å²) in [6.07, 6.45) is 4.25. The lowest BCUT2D eigenvalue weighted by atomic mass is 10.0. The number of methoxy groups -OCH3 is 1. The van der Waals surface area contributed by atoms with Crippen LogP contribution in [-0.4, -0.2) is 43.2 Å². The van der Waals surface area contributed by atoms with Crippen LogP contribution in [0.3, 0.4) is 0 Å². The molecule has 5 nitrogen and oxygen atoms in total. The van der Waals surface area contributed by atoms with E-state index < -0.39 is 0 Å². The minimum Gasteiger partial charge on any atom is -0.493 e. The fourth-order valence-electron chi connectivity index (χ4n) is 4.18. The lowest BCUT2D eigenvalue weighted by Crippen LogP contribution is -2.38. The van der Waals surface area contributed by atoms with E-state index in [2.05, 4.69) is 62.2 Å². The third kappa shape index (κ3) is 7.99. The van der Waals surface area contributed by atoms with Crippen LogP contribution in [0.15, 0.2) is 78.9 Å². The van der Waals surface area contributed by atoms with Crippen molar-refractivity contribution in [2.45, 2.75) is 46.2 Å². The van der Waals surface area contributed by atoms with E-state index in [0.717, 1.165) is 24.1 Å². The molecule has 0 aromatic heterocycles. The Hall–Kier alpha value is -3.57. The summed E-state index contributed by atoms with van der Waals surface area (Å²) >= 11 is 0. The number of carbonyl (C=O) groups is 1. The molecule has 0 unspecified atom stereocenters. The fraction of sp³-hybridized carbons (Fsp3) is 0.323. The summed E-state index contributed by atoms with van der Waals surface area (Å²) in [6, 6.07) is 24.8. The first-order chi connectivity index (χ1) is 17.4. The highest BCUT2D eigenvalue weighted by Crippen LogP contribution is 2.30. The zero-order valence-corrected chi connectivity index (χ0v) is 22.0. The van der Waals surface area contributed by atoms with Gasteiger partial charge >= 0.3 is 0 Å². The molecular weight excluding hydrogens is 448 g/mol. The van der Waals surface area contributed by atoms with Crippen molar-refractivity contribution in [3.05, 3.63) is 84.4 Å². The van der Waals surface area contributed by atoms with Gasteiger partial charge in [0.2, 0.25) is 5.91 Å². The van der Waals surface area contributed by atoms with Gasteiger partial charge in [0.15, 0.2) is 11.5 Å². The van der Waals surface area contributed by atoms with Crippen molar-refractivity contribution in [2.75, 3.05) is 25.6 Å². The molecule has 0 spiro atoms. The summed E-state index contributed by atoms with van der Waals surface area (Å²) in [5.41, 5.74) is 3.93. The number of nitrogens with zero attached hydrogens (tertiary/aromatic N) is 1. The van der Waals surface area contributed by atoms with E-state index in [4.69, 9.17) is 9.47 Å². The SMILES string of the molecule is COc1ccc(NC(=O)C=Cc2ccc(-c3ccccc3)cc2)cc1OCCCN(C(C)C)C(C)C. The number of anilines is 1. The normalized spacial score (nSPS) is 11.4. The van der Waals surface area contributed by atoms with Crippen molar-refractivity contribution in [1.29, 1.82) is 0 Å². The van der Waals surface area contributed by atoms with Crippen LogP contribution in [0.5, 0.6) is 11.5 Å². The van der Waals surface area contributed by atoms with Crippen molar-refractivity contribution >= 4 is 17.7 Å². The molecule has 0 aliphatic heterocycles. The predicted molar refractivity (Wildman–Crippen MR) is 150 cm³/mol. The van der Waals surface area contributed by atoms with Gasteiger partial charge in [0, 0.05) is 36.5 Å². The maximum Gasteiger partial charge on any atom is 0.248 e. The maximum absolute atomic E-state index is 12.5. The molecule has 5 heteroatoms. The van der Waals surface area contributed by atoms with Crippen molar-refractivity contribution in [3.63, 3.8) is 0 Å². The molecule has 0 fully saturated rings. The highest BCUT2D eigenvalue weighted by atomic mass is 16.5. The molecule has 0 heterocycles. The Morgan fingerprint density at radius 1 is 0.889 bits per heavy atom. The number of amides is 1. The molecule has 190 valence electrons. The second-order valence-electron chi connectivity index (χ2n) is 9.30. The quantitative estimate of drug-likeness (QED) is 0.223. The Balaban J connectivity index is 1.56. The molecule has 0 radical (unpaired) electrons. The molecule has 3 rings (SSSR count). The minimum absolute atomic E-state index is 0.206. The second kappa shape index (κ2) is 13.5.